The molecule has 10 rings (SSSR count). The number of fused-ring (bicyclic) bond motifs is 4. The van der Waals surface area contributed by atoms with Gasteiger partial charge in [-0.3, -0.25) is 9.59 Å². The van der Waals surface area contributed by atoms with Crippen molar-refractivity contribution in [3.05, 3.63) is 107 Å². The van der Waals surface area contributed by atoms with Gasteiger partial charge in [0.1, 0.15) is 30.0 Å². The molecule has 2 saturated heterocycles. The highest BCUT2D eigenvalue weighted by Gasteiger charge is 2.24. The van der Waals surface area contributed by atoms with Gasteiger partial charge < -0.3 is 38.6 Å². The Labute approximate surface area is 428 Å². The molecular formula is C54H57Cl3N6O8. The van der Waals surface area contributed by atoms with Gasteiger partial charge in [0, 0.05) is 25.2 Å². The number of nitrogens with zero attached hydrogens (tertiary/aromatic N) is 5. The average Bonchev–Trinajstić information content (AvgIpc) is 3.97. The monoisotopic (exact) mass is 1020 g/mol. The van der Waals surface area contributed by atoms with Crippen LogP contribution in [0.3, 0.4) is 0 Å². The zero-order valence-corrected chi connectivity index (χ0v) is 42.5. The van der Waals surface area contributed by atoms with E-state index in [0.29, 0.717) is 78.4 Å². The van der Waals surface area contributed by atoms with E-state index in [4.69, 9.17) is 63.2 Å². The largest absolute Gasteiger partial charge is 0.493 e. The molecule has 0 radical (unpaired) electrons. The van der Waals surface area contributed by atoms with Crippen LogP contribution in [-0.2, 0) is 22.4 Å². The first-order chi connectivity index (χ1) is 34.5. The Morgan fingerprint density at radius 2 is 1.10 bits per heavy atom. The molecule has 372 valence electrons. The second-order valence-electron chi connectivity index (χ2n) is 17.9. The van der Waals surface area contributed by atoms with Crippen LogP contribution < -0.4 is 33.7 Å². The fraction of sp³-hybridized carbons (Fsp3) is 0.370. The number of nitrogens with one attached hydrogen (secondary N) is 1. The number of amides is 1. The van der Waals surface area contributed by atoms with Crippen LogP contribution in [0.5, 0.6) is 46.3 Å². The number of hydrogen-bond donors (Lipinski definition) is 1. The molecule has 2 aromatic heterocycles. The van der Waals surface area contributed by atoms with Crippen molar-refractivity contribution in [2.45, 2.75) is 52.4 Å². The number of rotatable bonds is 14. The van der Waals surface area contributed by atoms with E-state index in [1.807, 2.05) is 47.4 Å². The molecule has 2 aliphatic carbocycles. The molecule has 0 unspecified atom stereocenters. The number of halogens is 3. The van der Waals surface area contributed by atoms with E-state index in [9.17, 15) is 9.59 Å². The number of alkyl halides is 2. The highest BCUT2D eigenvalue weighted by Crippen LogP contribution is 2.40. The van der Waals surface area contributed by atoms with Gasteiger partial charge in [-0.2, -0.15) is 0 Å². The highest BCUT2D eigenvalue weighted by molar-refractivity contribution is 6.67. The molecule has 4 heterocycles. The summed E-state index contributed by atoms with van der Waals surface area (Å²) in [6.45, 7) is 9.03. The van der Waals surface area contributed by atoms with Crippen molar-refractivity contribution in [3.63, 3.8) is 0 Å². The number of carbonyl (C=O) groups excluding carboxylic acids is 2. The number of allylic oxidation sites excluding steroid dienone is 2. The van der Waals surface area contributed by atoms with E-state index in [2.05, 4.69) is 69.5 Å². The van der Waals surface area contributed by atoms with Crippen LogP contribution in [0.4, 0.5) is 0 Å². The zero-order chi connectivity index (χ0) is 49.9. The molecule has 1 N–H and O–H groups in total. The molecule has 0 saturated carbocycles. The fourth-order valence-corrected chi connectivity index (χ4v) is 9.18. The first-order valence-corrected chi connectivity index (χ1v) is 25.1. The molecule has 0 atom stereocenters. The average molecular weight is 1020 g/mol. The molecule has 0 bridgehead atoms. The van der Waals surface area contributed by atoms with Crippen molar-refractivity contribution in [1.29, 1.82) is 0 Å². The van der Waals surface area contributed by atoms with Crippen molar-refractivity contribution >= 4 is 79.9 Å². The topological polar surface area (TPSA) is 156 Å². The summed E-state index contributed by atoms with van der Waals surface area (Å²) >= 11 is 15.2. The summed E-state index contributed by atoms with van der Waals surface area (Å²) < 4.78 is 35.9. The van der Waals surface area contributed by atoms with Crippen LogP contribution in [0, 0.1) is 11.8 Å². The molecule has 2 fully saturated rings. The van der Waals surface area contributed by atoms with Crippen LogP contribution in [0.15, 0.2) is 84.5 Å². The van der Waals surface area contributed by atoms with Crippen LogP contribution in [0.2, 0.25) is 0 Å². The Morgan fingerprint density at radius 3 is 1.54 bits per heavy atom. The third-order valence-corrected chi connectivity index (χ3v) is 13.5. The number of benzene rings is 4. The normalized spacial score (nSPS) is 15.3. The number of ether oxygens (including phenoxy) is 6. The minimum absolute atomic E-state index is 0.00796. The Balaban J connectivity index is 0.000000175. The minimum atomic E-state index is -0.508. The number of hydrogen-bond acceptors (Lipinski definition) is 13. The van der Waals surface area contributed by atoms with Gasteiger partial charge >= 0.3 is 0 Å². The number of methoxy groups -OCH3 is 2. The van der Waals surface area contributed by atoms with Gasteiger partial charge in [0.25, 0.3) is 0 Å². The van der Waals surface area contributed by atoms with E-state index in [0.717, 1.165) is 79.4 Å². The smallest absolute Gasteiger partial charge is 0.237 e. The molecule has 14 nitrogen and oxygen atoms in total. The van der Waals surface area contributed by atoms with Gasteiger partial charge in [-0.1, -0.05) is 35.4 Å². The number of likely N-dealkylation sites (tertiary alicyclic amines) is 1. The minimum Gasteiger partial charge on any atom is -0.493 e. The van der Waals surface area contributed by atoms with Gasteiger partial charge in [-0.25, -0.2) is 19.9 Å². The lowest BCUT2D eigenvalue weighted by Gasteiger charge is -2.31. The van der Waals surface area contributed by atoms with E-state index < -0.39 is 5.24 Å². The zero-order valence-electron chi connectivity index (χ0n) is 40.3. The predicted octanol–water partition coefficient (Wildman–Crippen LogP) is 11.0. The van der Waals surface area contributed by atoms with Gasteiger partial charge in [0.15, 0.2) is 23.0 Å². The first-order valence-electron chi connectivity index (χ1n) is 23.7. The predicted molar refractivity (Wildman–Crippen MR) is 278 cm³/mol. The quantitative estimate of drug-likeness (QED) is 0.0813. The lowest BCUT2D eigenvalue weighted by molar-refractivity contribution is -0.130. The number of piperidine rings is 2. The van der Waals surface area contributed by atoms with Crippen molar-refractivity contribution in [2.75, 3.05) is 65.4 Å². The van der Waals surface area contributed by atoms with Crippen molar-refractivity contribution in [3.8, 4) is 46.3 Å². The molecule has 71 heavy (non-hydrogen) atoms. The molecule has 4 aliphatic rings. The van der Waals surface area contributed by atoms with Crippen molar-refractivity contribution in [2.24, 2.45) is 11.8 Å². The maximum Gasteiger partial charge on any atom is 0.237 e. The van der Waals surface area contributed by atoms with E-state index in [-0.39, 0.29) is 17.7 Å². The molecule has 1 amide bonds. The van der Waals surface area contributed by atoms with Crippen LogP contribution in [0.25, 0.3) is 34.0 Å². The third-order valence-electron chi connectivity index (χ3n) is 12.8. The second-order valence-corrected chi connectivity index (χ2v) is 18.9. The molecule has 2 aliphatic heterocycles. The fourth-order valence-electron chi connectivity index (χ4n) is 9.01. The Bertz CT molecular complexity index is 2940. The summed E-state index contributed by atoms with van der Waals surface area (Å²) in [6.07, 6.45) is 13.4. The summed E-state index contributed by atoms with van der Waals surface area (Å²) in [5, 5.41) is 4.42. The number of carbonyl (C=O) groups is 2. The highest BCUT2D eigenvalue weighted by atomic mass is 35.5. The Hall–Kier alpha value is -6.19. The first kappa shape index (κ1) is 51.2. The van der Waals surface area contributed by atoms with E-state index >= 15 is 0 Å². The van der Waals surface area contributed by atoms with Gasteiger partial charge in [0.2, 0.25) is 22.9 Å². The van der Waals surface area contributed by atoms with Crippen molar-refractivity contribution < 1.29 is 38.0 Å². The van der Waals surface area contributed by atoms with Crippen LogP contribution >= 0.6 is 34.8 Å². The summed E-state index contributed by atoms with van der Waals surface area (Å²) in [7, 11) is 3.27. The Morgan fingerprint density at radius 1 is 0.634 bits per heavy atom. The summed E-state index contributed by atoms with van der Waals surface area (Å²) in [5.41, 5.74) is 9.21. The SMILES string of the molecule is COc1cc2c(Oc3ccc4c(c3)C=C(C)C4)ncnc2cc1OCC1CCN(C(=O)CCl)CC1.COc1cc2c(Oc3ccc4c(c3)C=C(C)C4)ncnc2cc1OCC1CCNCC1.O=C(Cl)CCl. The second kappa shape index (κ2) is 24.3. The van der Waals surface area contributed by atoms with Gasteiger partial charge in [-0.05, 0) is 148 Å². The third kappa shape index (κ3) is 13.2. The molecule has 4 aromatic carbocycles. The maximum atomic E-state index is 11.8. The van der Waals surface area contributed by atoms with Crippen LogP contribution in [0.1, 0.15) is 61.8 Å². The van der Waals surface area contributed by atoms with Crippen molar-refractivity contribution in [1.82, 2.24) is 30.2 Å². The van der Waals surface area contributed by atoms with Crippen LogP contribution in [-0.4, -0.2) is 101 Å². The van der Waals surface area contributed by atoms with Gasteiger partial charge in [-0.15, -0.1) is 23.2 Å². The van der Waals surface area contributed by atoms with E-state index in [1.54, 1.807) is 14.2 Å². The molecule has 6 aromatic rings. The summed E-state index contributed by atoms with van der Waals surface area (Å²) in [4.78, 5) is 40.7. The summed E-state index contributed by atoms with van der Waals surface area (Å²) in [5.74, 6) is 5.90. The standard InChI is InChI=1S/C27H28ClN3O4.C25H27N3O3.C2H2Cl2O/c1-17-9-19-3-4-21(11-20(19)10-17)35-27-22-12-24(33-2)25(13-23(22)29-16-30-27)34-15-18-5-7-31(8-6-18)26(32)14-28;1-16-9-18-3-4-20(11-19(18)10-16)31-25-21-12-23(29-2)24(13-22(21)27-15-28-25)30-14-17-5-7-26-8-6-17;3-1-2(4)5/h3-4,10-13,16,18H,5-9,14-15H2,1-2H3;3-4,10-13,15,17,26H,5-9,14H2,1-2H3;1H2. The summed E-state index contributed by atoms with van der Waals surface area (Å²) in [6, 6.07) is 19.8. The molecule has 17 heteroatoms. The lowest BCUT2D eigenvalue weighted by Crippen LogP contribution is -2.40. The number of aromatic nitrogens is 4. The molecule has 0 spiro atoms. The lowest BCUT2D eigenvalue weighted by atomic mass is 9.98. The molecular weight excluding hydrogens is 967 g/mol. The van der Waals surface area contributed by atoms with Gasteiger partial charge in [0.05, 0.1) is 55.1 Å². The van der Waals surface area contributed by atoms with E-state index in [1.165, 1.54) is 46.1 Å². The maximum absolute atomic E-state index is 11.8. The Kier molecular flexibility index (Phi) is 17.5.